The highest BCUT2D eigenvalue weighted by atomic mass is 16.3. The zero-order chi connectivity index (χ0) is 41.2. The monoisotopic (exact) mass is 806 g/mol. The molecule has 14 rings (SSSR count). The summed E-state index contributed by atoms with van der Waals surface area (Å²) in [4.78, 5) is 10.8. The van der Waals surface area contributed by atoms with Crippen molar-refractivity contribution < 1.29 is 8.83 Å². The Morgan fingerprint density at radius 2 is 1.03 bits per heavy atom. The van der Waals surface area contributed by atoms with E-state index in [0.29, 0.717) is 11.7 Å². The van der Waals surface area contributed by atoms with Gasteiger partial charge in [0.1, 0.15) is 34.3 Å². The topological polar surface area (TPSA) is 68.0 Å². The highest BCUT2D eigenvalue weighted by Gasteiger charge is 2.27. The summed E-state index contributed by atoms with van der Waals surface area (Å²) in [5, 5.41) is 17.5. The third kappa shape index (κ3) is 5.19. The number of para-hydroxylation sites is 1. The van der Waals surface area contributed by atoms with Crippen molar-refractivity contribution in [2.45, 2.75) is 6.17 Å². The Labute approximate surface area is 359 Å². The van der Waals surface area contributed by atoms with Gasteiger partial charge in [0.2, 0.25) is 0 Å². The summed E-state index contributed by atoms with van der Waals surface area (Å²) < 4.78 is 15.5. The van der Waals surface area contributed by atoms with Crippen LogP contribution in [0.4, 0.5) is 0 Å². The predicted octanol–water partition coefficient (Wildman–Crippen LogP) is 14.5. The first kappa shape index (κ1) is 34.3. The fourth-order valence-electron chi connectivity index (χ4n) is 9.99. The number of rotatable bonds is 4. The summed E-state index contributed by atoms with van der Waals surface area (Å²) in [6.07, 6.45) is -0.417. The molecule has 3 aromatic heterocycles. The van der Waals surface area contributed by atoms with E-state index in [0.717, 1.165) is 82.7 Å². The number of hydrogen-bond acceptors (Lipinski definition) is 5. The zero-order valence-corrected chi connectivity index (χ0v) is 33.7. The van der Waals surface area contributed by atoms with E-state index in [1.165, 1.54) is 37.7 Å². The van der Waals surface area contributed by atoms with E-state index in [1.54, 1.807) is 0 Å². The van der Waals surface area contributed by atoms with Crippen molar-refractivity contribution in [3.05, 3.63) is 211 Å². The van der Waals surface area contributed by atoms with Crippen molar-refractivity contribution in [3.63, 3.8) is 0 Å². The molecule has 1 aliphatic heterocycles. The highest BCUT2D eigenvalue weighted by molar-refractivity contribution is 6.23. The maximum atomic E-state index is 6.83. The van der Waals surface area contributed by atoms with Crippen LogP contribution in [0.25, 0.3) is 104 Å². The Morgan fingerprint density at radius 3 is 1.78 bits per heavy atom. The average molecular weight is 807 g/mol. The number of fused-ring (bicyclic) bond motifs is 13. The van der Waals surface area contributed by atoms with Crippen LogP contribution in [0.2, 0.25) is 0 Å². The van der Waals surface area contributed by atoms with E-state index in [-0.39, 0.29) is 0 Å². The van der Waals surface area contributed by atoms with Crippen molar-refractivity contribution in [2.75, 3.05) is 0 Å². The molecular formula is C57H34N4O2. The Bertz CT molecular complexity index is 4040. The molecule has 1 atom stereocenters. The molecule has 0 aliphatic carbocycles. The smallest absolute Gasteiger partial charge is 0.159 e. The molecule has 13 aromatic rings. The first-order chi connectivity index (χ1) is 31.2. The zero-order valence-electron chi connectivity index (χ0n) is 33.7. The third-order valence-corrected chi connectivity index (χ3v) is 13.0. The molecule has 6 nitrogen and oxygen atoms in total. The number of nitrogens with zero attached hydrogens (tertiary/aromatic N) is 3. The molecule has 0 bridgehead atoms. The lowest BCUT2D eigenvalue weighted by Crippen LogP contribution is -2.34. The number of hydrogen-bond donors (Lipinski definition) is 1. The Morgan fingerprint density at radius 1 is 0.429 bits per heavy atom. The minimum Gasteiger partial charge on any atom is -0.456 e. The molecule has 6 heteroatoms. The summed E-state index contributed by atoms with van der Waals surface area (Å²) in [5.41, 5.74) is 9.35. The van der Waals surface area contributed by atoms with Crippen LogP contribution in [0.1, 0.15) is 22.9 Å². The van der Waals surface area contributed by atoms with Crippen LogP contribution in [0.15, 0.2) is 213 Å². The Hall–Kier alpha value is -8.48. The number of aromatic nitrogens is 1. The first-order valence-electron chi connectivity index (χ1n) is 21.3. The molecule has 1 unspecified atom stereocenters. The number of aliphatic imine (C=N–C) groups is 2. The van der Waals surface area contributed by atoms with Gasteiger partial charge in [-0.25, -0.2) is 9.98 Å². The van der Waals surface area contributed by atoms with Crippen molar-refractivity contribution >= 4 is 110 Å². The third-order valence-electron chi connectivity index (χ3n) is 13.0. The summed E-state index contributed by atoms with van der Waals surface area (Å²) in [7, 11) is 0. The molecule has 1 aliphatic rings. The standard InChI is InChI=1S/C57H34N4O2/c1-2-13-34(14-3-1)55-58-56(39-23-24-51-44(28-39)41-20-10-11-21-50(41)62-51)60-57(59-55)45-32-53-46(54-40-19-9-8-12-33(40)22-25-52(54)63-53)31-49(45)61-47-29-37-17-6-4-15-35(37)26-42(47)43-27-36-16-5-7-18-38(36)30-48(43)61/h1-32,55H,(H,58,59,60). The van der Waals surface area contributed by atoms with Crippen molar-refractivity contribution in [2.24, 2.45) is 9.98 Å². The summed E-state index contributed by atoms with van der Waals surface area (Å²) in [6.45, 7) is 0. The van der Waals surface area contributed by atoms with E-state index in [1.807, 2.05) is 30.3 Å². The van der Waals surface area contributed by atoms with E-state index in [4.69, 9.17) is 18.8 Å². The van der Waals surface area contributed by atoms with Crippen LogP contribution in [-0.4, -0.2) is 16.2 Å². The Kier molecular flexibility index (Phi) is 7.07. The lowest BCUT2D eigenvalue weighted by atomic mass is 10.0. The summed E-state index contributed by atoms with van der Waals surface area (Å²) in [6, 6.07) is 68.8. The van der Waals surface area contributed by atoms with Gasteiger partial charge in [0.25, 0.3) is 0 Å². The van der Waals surface area contributed by atoms with E-state index < -0.39 is 6.17 Å². The van der Waals surface area contributed by atoms with Gasteiger partial charge >= 0.3 is 0 Å². The van der Waals surface area contributed by atoms with Gasteiger partial charge in [0, 0.05) is 43.4 Å². The predicted molar refractivity (Wildman–Crippen MR) is 260 cm³/mol. The highest BCUT2D eigenvalue weighted by Crippen LogP contribution is 2.42. The lowest BCUT2D eigenvalue weighted by molar-refractivity contribution is 0.666. The molecule has 0 amide bonds. The van der Waals surface area contributed by atoms with Gasteiger partial charge in [0.15, 0.2) is 5.84 Å². The van der Waals surface area contributed by atoms with Gasteiger partial charge in [-0.1, -0.05) is 127 Å². The molecule has 0 spiro atoms. The maximum absolute atomic E-state index is 6.83. The van der Waals surface area contributed by atoms with Gasteiger partial charge in [-0.15, -0.1) is 0 Å². The van der Waals surface area contributed by atoms with Crippen LogP contribution >= 0.6 is 0 Å². The summed E-state index contributed by atoms with van der Waals surface area (Å²) in [5.74, 6) is 1.33. The first-order valence-corrected chi connectivity index (χ1v) is 21.3. The second-order valence-corrected chi connectivity index (χ2v) is 16.6. The van der Waals surface area contributed by atoms with Crippen molar-refractivity contribution in [1.29, 1.82) is 0 Å². The summed E-state index contributed by atoms with van der Waals surface area (Å²) >= 11 is 0. The SMILES string of the molecule is c1ccc(C2N=C(c3ccc4oc5ccccc5c4c3)N=C(c3cc4oc5ccc6ccccc6c5c4cc3-n3c4cc5ccccc5cc4c4cc5ccccc5cc43)N2)cc1. The van der Waals surface area contributed by atoms with Gasteiger partial charge in [-0.2, -0.15) is 0 Å². The van der Waals surface area contributed by atoms with Gasteiger partial charge < -0.3 is 18.7 Å². The maximum Gasteiger partial charge on any atom is 0.159 e. The molecule has 4 heterocycles. The van der Waals surface area contributed by atoms with Crippen molar-refractivity contribution in [1.82, 2.24) is 9.88 Å². The normalized spacial score (nSPS) is 14.5. The molecule has 63 heavy (non-hydrogen) atoms. The molecule has 0 saturated heterocycles. The average Bonchev–Trinajstić information content (AvgIpc) is 4.00. The minimum absolute atomic E-state index is 0.417. The van der Waals surface area contributed by atoms with Crippen molar-refractivity contribution in [3.8, 4) is 5.69 Å². The second kappa shape index (κ2) is 13.0. The number of furan rings is 2. The molecule has 0 fully saturated rings. The van der Waals surface area contributed by atoms with Crippen LogP contribution in [0.3, 0.4) is 0 Å². The van der Waals surface area contributed by atoms with Gasteiger partial charge in [-0.3, -0.25) is 0 Å². The molecule has 0 saturated carbocycles. The quantitative estimate of drug-likeness (QED) is 0.193. The molecule has 1 N–H and O–H groups in total. The molecule has 0 radical (unpaired) electrons. The second-order valence-electron chi connectivity index (χ2n) is 16.6. The van der Waals surface area contributed by atoms with Crippen LogP contribution in [0.5, 0.6) is 0 Å². The number of amidine groups is 2. The van der Waals surface area contributed by atoms with Crippen LogP contribution < -0.4 is 5.32 Å². The van der Waals surface area contributed by atoms with Crippen LogP contribution in [0, 0.1) is 0 Å². The van der Waals surface area contributed by atoms with Gasteiger partial charge in [0.05, 0.1) is 16.7 Å². The minimum atomic E-state index is -0.417. The fraction of sp³-hybridized carbons (Fsp3) is 0.0175. The largest absolute Gasteiger partial charge is 0.456 e. The molecule has 294 valence electrons. The lowest BCUT2D eigenvalue weighted by Gasteiger charge is -2.25. The van der Waals surface area contributed by atoms with E-state index in [2.05, 4.69) is 174 Å². The van der Waals surface area contributed by atoms with Gasteiger partial charge in [-0.05, 0) is 105 Å². The Balaban J connectivity index is 1.10. The molecular weight excluding hydrogens is 773 g/mol. The fourth-order valence-corrected chi connectivity index (χ4v) is 9.99. The molecule has 10 aromatic carbocycles. The van der Waals surface area contributed by atoms with E-state index in [9.17, 15) is 0 Å². The van der Waals surface area contributed by atoms with E-state index >= 15 is 0 Å². The number of nitrogens with one attached hydrogen (secondary N) is 1. The van der Waals surface area contributed by atoms with Crippen LogP contribution in [-0.2, 0) is 0 Å². The number of benzene rings is 10.